The molecule has 4 aromatic rings. The lowest BCUT2D eigenvalue weighted by atomic mass is 9.93. The normalized spacial score (nSPS) is 11.6. The Hall–Kier alpha value is -5.48. The van der Waals surface area contributed by atoms with E-state index in [4.69, 9.17) is 46.9 Å². The van der Waals surface area contributed by atoms with Crippen LogP contribution in [0.5, 0.6) is 17.2 Å². The molecule has 320 valence electrons. The summed E-state index contributed by atoms with van der Waals surface area (Å²) in [5, 5.41) is 25.4. The number of amides is 1. The van der Waals surface area contributed by atoms with E-state index in [0.29, 0.717) is 65.9 Å². The topological polar surface area (TPSA) is 165 Å². The molecule has 0 spiro atoms. The van der Waals surface area contributed by atoms with Crippen molar-refractivity contribution in [3.8, 4) is 34.4 Å². The van der Waals surface area contributed by atoms with E-state index in [1.807, 2.05) is 44.2 Å². The van der Waals surface area contributed by atoms with Crippen LogP contribution in [0.15, 0.2) is 66.7 Å². The summed E-state index contributed by atoms with van der Waals surface area (Å²) in [5.41, 5.74) is 5.62. The van der Waals surface area contributed by atoms with Crippen LogP contribution in [-0.4, -0.2) is 60.9 Å². The molecular formula is C46H53Cl2N3O9. The second kappa shape index (κ2) is 22.8. The molecule has 12 nitrogen and oxygen atoms in total. The number of rotatable bonds is 21. The fourth-order valence-corrected chi connectivity index (χ4v) is 6.68. The molecule has 0 unspecified atom stereocenters. The number of hydrogen-bond donors (Lipinski definition) is 3. The van der Waals surface area contributed by atoms with Crippen molar-refractivity contribution in [1.82, 2.24) is 10.6 Å². The average molecular weight is 863 g/mol. The molecule has 60 heavy (non-hydrogen) atoms. The number of nitriles is 1. The molecule has 0 aromatic heterocycles. The maximum absolute atomic E-state index is 12.8. The quantitative estimate of drug-likeness (QED) is 0.0415. The molecule has 0 aliphatic carbocycles. The summed E-state index contributed by atoms with van der Waals surface area (Å²) >= 11 is 12.7. The largest absolute Gasteiger partial charge is 0.493 e. The smallest absolute Gasteiger partial charge is 0.407 e. The average Bonchev–Trinajstić information content (AvgIpc) is 3.21. The van der Waals surface area contributed by atoms with Gasteiger partial charge in [-0.1, -0.05) is 41.9 Å². The van der Waals surface area contributed by atoms with Crippen LogP contribution in [-0.2, 0) is 34.0 Å². The number of nitrogens with one attached hydrogen (secondary N) is 2. The molecule has 0 aliphatic rings. The number of nitrogens with zero attached hydrogens (tertiary/aromatic N) is 1. The Balaban J connectivity index is 1.56. The first-order valence-corrected chi connectivity index (χ1v) is 20.6. The van der Waals surface area contributed by atoms with Crippen LogP contribution in [0.4, 0.5) is 4.79 Å². The summed E-state index contributed by atoms with van der Waals surface area (Å²) in [6.07, 6.45) is 1.84. The van der Waals surface area contributed by atoms with Crippen LogP contribution >= 0.6 is 23.2 Å². The fourth-order valence-electron chi connectivity index (χ4n) is 6.33. The molecule has 0 heterocycles. The lowest BCUT2D eigenvalue weighted by Crippen LogP contribution is -2.37. The first-order chi connectivity index (χ1) is 28.6. The number of carboxylic acids is 1. The van der Waals surface area contributed by atoms with Crippen LogP contribution < -0.4 is 24.8 Å². The van der Waals surface area contributed by atoms with Crippen molar-refractivity contribution in [1.29, 1.82) is 5.26 Å². The zero-order valence-corrected chi connectivity index (χ0v) is 36.4. The highest BCUT2D eigenvalue weighted by atomic mass is 35.5. The van der Waals surface area contributed by atoms with Gasteiger partial charge in [0.15, 0.2) is 0 Å². The molecule has 4 rings (SSSR count). The Kier molecular flexibility index (Phi) is 17.9. The standard InChI is InChI=1S/C46H53Cl2N3O9/c1-29-33(12-9-13-36(29)37-14-10-16-40(30(37)2)57-19-11-17-47)28-59-42-24-41(58-27-32-20-31(25-49)21-34(22-32)43(52)53)35(23-38(42)48)26-51-39(44(54)56-6)15-7-8-18-50-45(55)60-46(3,4)5/h9-10,12-14,16,20-24,39,51H,7-8,11,15,17-19,26-28H2,1-6H3,(H,50,55)(H,52,53)/t39-/m0/s1. The lowest BCUT2D eigenvalue weighted by Gasteiger charge is -2.20. The molecule has 0 aliphatic heterocycles. The summed E-state index contributed by atoms with van der Waals surface area (Å²) in [6.45, 7) is 10.6. The third kappa shape index (κ3) is 14.1. The first-order valence-electron chi connectivity index (χ1n) is 19.6. The summed E-state index contributed by atoms with van der Waals surface area (Å²) < 4.78 is 29.0. The summed E-state index contributed by atoms with van der Waals surface area (Å²) in [6, 6.07) is 20.9. The van der Waals surface area contributed by atoms with Gasteiger partial charge in [-0.3, -0.25) is 4.79 Å². The predicted molar refractivity (Wildman–Crippen MR) is 231 cm³/mol. The molecule has 14 heteroatoms. The molecule has 0 saturated heterocycles. The number of unbranched alkanes of at least 4 members (excludes halogenated alkanes) is 1. The predicted octanol–water partition coefficient (Wildman–Crippen LogP) is 9.69. The van der Waals surface area contributed by atoms with Crippen molar-refractivity contribution < 1.29 is 43.2 Å². The molecule has 1 atom stereocenters. The second-order valence-electron chi connectivity index (χ2n) is 15.1. The zero-order chi connectivity index (χ0) is 43.8. The number of carbonyl (C=O) groups excluding carboxylic acids is 2. The van der Waals surface area contributed by atoms with E-state index in [1.54, 1.807) is 39.0 Å². The van der Waals surface area contributed by atoms with E-state index in [0.717, 1.165) is 40.0 Å². The van der Waals surface area contributed by atoms with Gasteiger partial charge in [-0.15, -0.1) is 11.6 Å². The maximum atomic E-state index is 12.8. The maximum Gasteiger partial charge on any atom is 0.407 e. The Morgan fingerprint density at radius 1 is 0.850 bits per heavy atom. The van der Waals surface area contributed by atoms with Gasteiger partial charge in [-0.2, -0.15) is 5.26 Å². The molecule has 0 bridgehead atoms. The lowest BCUT2D eigenvalue weighted by molar-refractivity contribution is -0.143. The van der Waals surface area contributed by atoms with E-state index in [1.165, 1.54) is 19.2 Å². The number of hydrogen-bond acceptors (Lipinski definition) is 10. The Morgan fingerprint density at radius 2 is 1.57 bits per heavy atom. The van der Waals surface area contributed by atoms with Crippen LogP contribution in [0.1, 0.15) is 90.2 Å². The van der Waals surface area contributed by atoms with Crippen LogP contribution in [0.2, 0.25) is 5.02 Å². The van der Waals surface area contributed by atoms with E-state index < -0.39 is 29.7 Å². The van der Waals surface area contributed by atoms with Gasteiger partial charge >= 0.3 is 18.0 Å². The van der Waals surface area contributed by atoms with E-state index in [2.05, 4.69) is 22.8 Å². The minimum absolute atomic E-state index is 0.0461. The van der Waals surface area contributed by atoms with Gasteiger partial charge in [0.05, 0.1) is 35.9 Å². The van der Waals surface area contributed by atoms with Gasteiger partial charge in [0.25, 0.3) is 0 Å². The SMILES string of the molecule is COC(=O)[C@H](CCCCNC(=O)OC(C)(C)C)NCc1cc(Cl)c(OCc2cccc(-c3cccc(OCCCCl)c3C)c2C)cc1OCc1cc(C#N)cc(C(=O)O)c1. The molecule has 4 aromatic carbocycles. The van der Waals surface area contributed by atoms with E-state index in [-0.39, 0.29) is 30.9 Å². The van der Waals surface area contributed by atoms with Gasteiger partial charge in [-0.25, -0.2) is 9.59 Å². The van der Waals surface area contributed by atoms with Crippen molar-refractivity contribution in [2.45, 2.75) is 91.7 Å². The second-order valence-corrected chi connectivity index (χ2v) is 15.9. The van der Waals surface area contributed by atoms with Crippen LogP contribution in [0.25, 0.3) is 11.1 Å². The third-order valence-electron chi connectivity index (χ3n) is 9.43. The number of halogens is 2. The highest BCUT2D eigenvalue weighted by Crippen LogP contribution is 2.36. The number of alkyl carbamates (subject to hydrolysis) is 1. The van der Waals surface area contributed by atoms with Gasteiger partial charge in [-0.05, 0) is 124 Å². The first kappa shape index (κ1) is 47.2. The fraction of sp³-hybridized carbons (Fsp3) is 0.391. The highest BCUT2D eigenvalue weighted by Gasteiger charge is 2.22. The Morgan fingerprint density at radius 3 is 2.25 bits per heavy atom. The number of aromatic carboxylic acids is 1. The van der Waals surface area contributed by atoms with E-state index >= 15 is 0 Å². The van der Waals surface area contributed by atoms with Gasteiger partial charge in [0, 0.05) is 30.6 Å². The molecule has 0 fully saturated rings. The van der Waals surface area contributed by atoms with Gasteiger partial charge in [0.2, 0.25) is 0 Å². The van der Waals surface area contributed by atoms with Crippen molar-refractivity contribution in [2.24, 2.45) is 0 Å². The molecular weight excluding hydrogens is 809 g/mol. The number of alkyl halides is 1. The molecule has 1 amide bonds. The summed E-state index contributed by atoms with van der Waals surface area (Å²) in [5.74, 6) is 0.389. The minimum atomic E-state index is -1.17. The number of esters is 1. The highest BCUT2D eigenvalue weighted by molar-refractivity contribution is 6.32. The number of benzene rings is 4. The van der Waals surface area contributed by atoms with Crippen molar-refractivity contribution in [2.75, 3.05) is 26.1 Å². The van der Waals surface area contributed by atoms with Gasteiger partial charge < -0.3 is 39.4 Å². The van der Waals surface area contributed by atoms with Crippen LogP contribution in [0.3, 0.4) is 0 Å². The summed E-state index contributed by atoms with van der Waals surface area (Å²) in [4.78, 5) is 36.7. The molecule has 0 saturated carbocycles. The van der Waals surface area contributed by atoms with E-state index in [9.17, 15) is 24.8 Å². The minimum Gasteiger partial charge on any atom is -0.493 e. The number of carboxylic acid groups (broad SMARTS) is 1. The molecule has 3 N–H and O–H groups in total. The molecule has 0 radical (unpaired) electrons. The monoisotopic (exact) mass is 861 g/mol. The van der Waals surface area contributed by atoms with Crippen molar-refractivity contribution in [3.05, 3.63) is 111 Å². The van der Waals surface area contributed by atoms with Crippen molar-refractivity contribution >= 4 is 41.2 Å². The zero-order valence-electron chi connectivity index (χ0n) is 34.9. The summed E-state index contributed by atoms with van der Waals surface area (Å²) in [7, 11) is 1.31. The third-order valence-corrected chi connectivity index (χ3v) is 9.99. The van der Waals surface area contributed by atoms with Gasteiger partial charge in [0.1, 0.15) is 42.1 Å². The number of methoxy groups -OCH3 is 1. The Labute approximate surface area is 362 Å². The number of ether oxygens (including phenoxy) is 5. The van der Waals surface area contributed by atoms with Crippen molar-refractivity contribution in [3.63, 3.8) is 0 Å². The Bertz CT molecular complexity index is 2160. The van der Waals surface area contributed by atoms with Crippen LogP contribution in [0, 0.1) is 25.2 Å². The number of carbonyl (C=O) groups is 3.